The number of carbonyl (C=O) groups excluding carboxylic acids is 2. The van der Waals surface area contributed by atoms with E-state index in [2.05, 4.69) is 55.5 Å². The van der Waals surface area contributed by atoms with E-state index in [1.54, 1.807) is 38.7 Å². The largest absolute Gasteiger partial charge is 0.496 e. The Balaban J connectivity index is 0.000000202. The van der Waals surface area contributed by atoms with E-state index < -0.39 is 0 Å². The molecule has 0 radical (unpaired) electrons. The summed E-state index contributed by atoms with van der Waals surface area (Å²) in [6.45, 7) is 13.4. The number of methoxy groups -OCH3 is 2. The summed E-state index contributed by atoms with van der Waals surface area (Å²) in [6, 6.07) is 15.6. The first kappa shape index (κ1) is 36.5. The first-order valence-electron chi connectivity index (χ1n) is 18.0. The minimum atomic E-state index is -0.259. The van der Waals surface area contributed by atoms with Crippen LogP contribution in [0.5, 0.6) is 11.5 Å². The van der Waals surface area contributed by atoms with Crippen LogP contribution in [0.1, 0.15) is 43.2 Å². The second-order valence-electron chi connectivity index (χ2n) is 14.9. The summed E-state index contributed by atoms with van der Waals surface area (Å²) < 4.78 is 21.5. The first-order valence-corrected chi connectivity index (χ1v) is 18.0. The Hall–Kier alpha value is -4.88. The molecule has 4 saturated heterocycles. The lowest BCUT2D eigenvalue weighted by atomic mass is 9.78. The molecule has 0 saturated carbocycles. The van der Waals surface area contributed by atoms with Gasteiger partial charge in [-0.05, 0) is 48.2 Å². The lowest BCUT2D eigenvalue weighted by Crippen LogP contribution is -2.65. The van der Waals surface area contributed by atoms with E-state index in [4.69, 9.17) is 18.9 Å². The number of nitrogens with zero attached hydrogens (tertiary/aromatic N) is 4. The lowest BCUT2D eigenvalue weighted by molar-refractivity contribution is -0.191. The monoisotopic (exact) mass is 720 g/mol. The molecular weight excluding hydrogens is 672 g/mol. The Labute approximate surface area is 310 Å². The van der Waals surface area contributed by atoms with Crippen LogP contribution in [0.4, 0.5) is 11.4 Å². The predicted molar refractivity (Wildman–Crippen MR) is 203 cm³/mol. The summed E-state index contributed by atoms with van der Waals surface area (Å²) in [7, 11) is 5.17. The molecule has 1 amide bonds. The quantitative estimate of drug-likeness (QED) is 0.198. The number of aromatic nitrogens is 2. The van der Waals surface area contributed by atoms with Crippen molar-refractivity contribution in [3.05, 3.63) is 94.6 Å². The van der Waals surface area contributed by atoms with Gasteiger partial charge in [-0.15, -0.1) is 0 Å². The van der Waals surface area contributed by atoms with E-state index in [-0.39, 0.29) is 5.91 Å². The van der Waals surface area contributed by atoms with Gasteiger partial charge in [-0.3, -0.25) is 29.4 Å². The highest BCUT2D eigenvalue weighted by molar-refractivity contribution is 6.04. The highest BCUT2D eigenvalue weighted by Crippen LogP contribution is 2.40. The molecule has 4 fully saturated rings. The number of hydrogen-bond acceptors (Lipinski definition) is 11. The number of aldehydes is 1. The number of pyridine rings is 2. The summed E-state index contributed by atoms with van der Waals surface area (Å²) in [5.41, 5.74) is 9.77. The number of anilines is 2. The average molecular weight is 721 g/mol. The fourth-order valence-electron chi connectivity index (χ4n) is 7.86. The molecule has 2 spiro atoms. The van der Waals surface area contributed by atoms with Gasteiger partial charge >= 0.3 is 0 Å². The van der Waals surface area contributed by atoms with Gasteiger partial charge < -0.3 is 29.6 Å². The molecule has 4 aliphatic heterocycles. The van der Waals surface area contributed by atoms with Gasteiger partial charge in [0.05, 0.1) is 40.6 Å². The van der Waals surface area contributed by atoms with E-state index in [1.807, 2.05) is 32.2 Å². The van der Waals surface area contributed by atoms with Crippen LogP contribution in [0.3, 0.4) is 0 Å². The summed E-state index contributed by atoms with van der Waals surface area (Å²) >= 11 is 0. The smallest absolute Gasteiger partial charge is 0.274 e. The molecule has 12 nitrogen and oxygen atoms in total. The lowest BCUT2D eigenvalue weighted by Gasteiger charge is -2.55. The minimum Gasteiger partial charge on any atom is -0.496 e. The first-order chi connectivity index (χ1) is 25.7. The van der Waals surface area contributed by atoms with Crippen LogP contribution < -0.4 is 20.1 Å². The zero-order valence-electron chi connectivity index (χ0n) is 31.2. The number of amides is 1. The Bertz CT molecular complexity index is 1980. The Morgan fingerprint density at radius 3 is 1.79 bits per heavy atom. The molecule has 0 bridgehead atoms. The molecule has 8 rings (SSSR count). The van der Waals surface area contributed by atoms with E-state index in [0.29, 0.717) is 28.0 Å². The molecular formula is C41H48N6O6. The molecule has 0 aliphatic carbocycles. The maximum atomic E-state index is 13.1. The van der Waals surface area contributed by atoms with Gasteiger partial charge in [-0.2, -0.15) is 0 Å². The van der Waals surface area contributed by atoms with E-state index in [0.717, 1.165) is 117 Å². The van der Waals surface area contributed by atoms with Crippen molar-refractivity contribution in [3.8, 4) is 22.6 Å². The van der Waals surface area contributed by atoms with Gasteiger partial charge in [0.25, 0.3) is 5.91 Å². The second kappa shape index (κ2) is 15.2. The number of ether oxygens (including phenoxy) is 4. The molecule has 278 valence electrons. The Morgan fingerprint density at radius 2 is 1.30 bits per heavy atom. The summed E-state index contributed by atoms with van der Waals surface area (Å²) in [4.78, 5) is 37.0. The van der Waals surface area contributed by atoms with Gasteiger partial charge in [0, 0.05) is 104 Å². The van der Waals surface area contributed by atoms with Crippen molar-refractivity contribution in [2.75, 3.05) is 84.5 Å². The Morgan fingerprint density at radius 1 is 0.792 bits per heavy atom. The summed E-state index contributed by atoms with van der Waals surface area (Å²) in [5.74, 6) is 1.16. The average Bonchev–Trinajstić information content (AvgIpc) is 3.10. The third kappa shape index (κ3) is 7.50. The predicted octanol–water partition coefficient (Wildman–Crippen LogP) is 5.24. The number of carbonyl (C=O) groups is 2. The topological polar surface area (TPSA) is 127 Å². The van der Waals surface area contributed by atoms with Crippen molar-refractivity contribution in [2.24, 2.45) is 10.8 Å². The van der Waals surface area contributed by atoms with Crippen molar-refractivity contribution in [1.82, 2.24) is 19.8 Å². The van der Waals surface area contributed by atoms with Crippen LogP contribution in [0.15, 0.2) is 60.9 Å². The molecule has 12 heteroatoms. The zero-order valence-corrected chi connectivity index (χ0v) is 31.2. The van der Waals surface area contributed by atoms with Crippen LogP contribution in [0, 0.1) is 24.7 Å². The number of nitrogens with one attached hydrogen (secondary N) is 2. The van der Waals surface area contributed by atoms with E-state index in [9.17, 15) is 9.59 Å². The van der Waals surface area contributed by atoms with Crippen LogP contribution >= 0.6 is 0 Å². The van der Waals surface area contributed by atoms with E-state index in [1.165, 1.54) is 5.56 Å². The Kier molecular flexibility index (Phi) is 10.5. The van der Waals surface area contributed by atoms with Crippen LogP contribution in [-0.4, -0.2) is 106 Å². The molecule has 2 N–H and O–H groups in total. The normalized spacial score (nSPS) is 18.0. The molecule has 2 aromatic carbocycles. The van der Waals surface area contributed by atoms with E-state index >= 15 is 0 Å². The SMILES string of the molecule is CNc1cccc(-c2cccc(NC(=O)c3cc(OC)c(CN4CC5(COC5)C4)cn3)c2C)c1C.COc1cc(C=O)ncc1CN1CC2(COC2)C1. The standard InChI is InChI=1S/C28H32N4O3.C13H16N2O3/c1-18-21(7-5-9-23(18)29-3)22-8-6-10-24(19(22)2)31-27(33)25-11-26(34-4)20(12-30-25)13-32-14-28(15-32)16-35-17-28;1-17-12-2-11(5-16)14-3-10(12)4-15-6-13(7-15)8-18-9-13/h5-12,29H,13-17H2,1-4H3,(H,31,33);2-3,5H,4,6-9H2,1H3. The van der Waals surface area contributed by atoms with Crippen molar-refractivity contribution < 1.29 is 28.5 Å². The highest BCUT2D eigenvalue weighted by atomic mass is 16.5. The molecule has 4 aromatic rings. The fourth-order valence-corrected chi connectivity index (χ4v) is 7.86. The highest BCUT2D eigenvalue weighted by Gasteiger charge is 2.49. The zero-order chi connectivity index (χ0) is 37.2. The molecule has 53 heavy (non-hydrogen) atoms. The van der Waals surface area contributed by atoms with Crippen LogP contribution in [0.25, 0.3) is 11.1 Å². The number of benzene rings is 2. The number of hydrogen-bond donors (Lipinski definition) is 2. The summed E-state index contributed by atoms with van der Waals surface area (Å²) in [5, 5.41) is 6.29. The second-order valence-corrected chi connectivity index (χ2v) is 14.9. The van der Waals surface area contributed by atoms with Crippen LogP contribution in [-0.2, 0) is 22.6 Å². The van der Waals surface area contributed by atoms with Crippen molar-refractivity contribution in [3.63, 3.8) is 0 Å². The minimum absolute atomic E-state index is 0.259. The van der Waals surface area contributed by atoms with Gasteiger partial charge in [0.15, 0.2) is 6.29 Å². The number of likely N-dealkylation sites (tertiary alicyclic amines) is 2. The molecule has 0 unspecified atom stereocenters. The maximum Gasteiger partial charge on any atom is 0.274 e. The third-order valence-electron chi connectivity index (χ3n) is 10.8. The molecule has 0 atom stereocenters. The summed E-state index contributed by atoms with van der Waals surface area (Å²) in [6.07, 6.45) is 4.22. The maximum absolute atomic E-state index is 13.1. The van der Waals surface area contributed by atoms with Crippen molar-refractivity contribution in [1.29, 1.82) is 0 Å². The van der Waals surface area contributed by atoms with Gasteiger partial charge in [-0.1, -0.05) is 24.3 Å². The van der Waals surface area contributed by atoms with Crippen LogP contribution in [0.2, 0.25) is 0 Å². The third-order valence-corrected chi connectivity index (χ3v) is 10.8. The molecule has 4 aliphatic rings. The molecule has 2 aromatic heterocycles. The van der Waals surface area contributed by atoms with Gasteiger partial charge in [0.2, 0.25) is 0 Å². The van der Waals surface area contributed by atoms with Gasteiger partial charge in [-0.25, -0.2) is 0 Å². The van der Waals surface area contributed by atoms with Gasteiger partial charge in [0.1, 0.15) is 22.9 Å². The fraction of sp³-hybridized carbons (Fsp3) is 0.415. The number of rotatable bonds is 11. The molecule has 6 heterocycles. The van der Waals surface area contributed by atoms with Crippen molar-refractivity contribution >= 4 is 23.6 Å². The van der Waals surface area contributed by atoms with Crippen molar-refractivity contribution in [2.45, 2.75) is 26.9 Å².